The zero-order valence-electron chi connectivity index (χ0n) is 13.8. The number of anilines is 1. The van der Waals surface area contributed by atoms with E-state index in [1.54, 1.807) is 24.3 Å². The highest BCUT2D eigenvalue weighted by molar-refractivity contribution is 9.10. The van der Waals surface area contributed by atoms with Gasteiger partial charge in [-0.05, 0) is 36.4 Å². The number of phenols is 1. The largest absolute Gasteiger partial charge is 0.504 e. The number of benzene rings is 2. The molecule has 0 aliphatic heterocycles. The SMILES string of the molecule is COc1ccc(Cl)cc1NC(=O)/C(C#N)=C/c1cc(Br)cc(OC)c1O. The van der Waals surface area contributed by atoms with Crippen LogP contribution in [0.5, 0.6) is 17.2 Å². The molecule has 0 radical (unpaired) electrons. The Bertz CT molecular complexity index is 922. The fourth-order valence-electron chi connectivity index (χ4n) is 2.13. The van der Waals surface area contributed by atoms with Gasteiger partial charge in [-0.3, -0.25) is 4.79 Å². The average Bonchev–Trinajstić information content (AvgIpc) is 2.62. The molecule has 0 bridgehead atoms. The first kappa shape index (κ1) is 19.6. The number of carbonyl (C=O) groups excluding carboxylic acids is 1. The Morgan fingerprint density at radius 3 is 2.58 bits per heavy atom. The van der Waals surface area contributed by atoms with Gasteiger partial charge in [-0.15, -0.1) is 0 Å². The van der Waals surface area contributed by atoms with Crippen LogP contribution in [0.4, 0.5) is 5.69 Å². The molecule has 8 heteroatoms. The van der Waals surface area contributed by atoms with Gasteiger partial charge in [0.05, 0.1) is 19.9 Å². The molecule has 0 aliphatic rings. The minimum Gasteiger partial charge on any atom is -0.504 e. The Morgan fingerprint density at radius 1 is 1.27 bits per heavy atom. The molecule has 0 unspecified atom stereocenters. The highest BCUT2D eigenvalue weighted by atomic mass is 79.9. The second kappa shape index (κ2) is 8.61. The Balaban J connectivity index is 2.39. The number of amides is 1. The molecule has 6 nitrogen and oxygen atoms in total. The number of nitrogens with zero attached hydrogens (tertiary/aromatic N) is 1. The van der Waals surface area contributed by atoms with Crippen molar-refractivity contribution in [1.82, 2.24) is 0 Å². The van der Waals surface area contributed by atoms with E-state index in [1.807, 2.05) is 6.07 Å². The number of phenolic OH excluding ortho intramolecular Hbond substituents is 1. The Labute approximate surface area is 163 Å². The van der Waals surface area contributed by atoms with Crippen molar-refractivity contribution in [2.75, 3.05) is 19.5 Å². The predicted octanol–water partition coefficient (Wildman–Crippen LogP) is 4.37. The van der Waals surface area contributed by atoms with E-state index in [-0.39, 0.29) is 22.6 Å². The van der Waals surface area contributed by atoms with Crippen LogP contribution in [0.15, 0.2) is 40.4 Å². The minimum atomic E-state index is -0.675. The van der Waals surface area contributed by atoms with Crippen molar-refractivity contribution in [3.05, 3.63) is 51.0 Å². The molecule has 26 heavy (non-hydrogen) atoms. The van der Waals surface area contributed by atoms with Crippen molar-refractivity contribution in [2.24, 2.45) is 0 Å². The zero-order chi connectivity index (χ0) is 19.3. The van der Waals surface area contributed by atoms with E-state index < -0.39 is 5.91 Å². The first-order valence-electron chi connectivity index (χ1n) is 7.22. The number of carbonyl (C=O) groups is 1. The number of nitrogens with one attached hydrogen (secondary N) is 1. The van der Waals surface area contributed by atoms with E-state index in [0.29, 0.717) is 20.9 Å². The molecule has 0 aromatic heterocycles. The first-order chi connectivity index (χ1) is 12.4. The topological polar surface area (TPSA) is 91.6 Å². The molecule has 2 aromatic carbocycles. The van der Waals surface area contributed by atoms with E-state index in [2.05, 4.69) is 21.2 Å². The molecule has 0 heterocycles. The fraction of sp³-hybridized carbons (Fsp3) is 0.111. The van der Waals surface area contributed by atoms with Crippen molar-refractivity contribution in [2.45, 2.75) is 0 Å². The summed E-state index contributed by atoms with van der Waals surface area (Å²) in [5.74, 6) is -0.255. The van der Waals surface area contributed by atoms with Gasteiger partial charge in [0.1, 0.15) is 17.4 Å². The average molecular weight is 438 g/mol. The lowest BCUT2D eigenvalue weighted by Crippen LogP contribution is -2.14. The second-order valence-electron chi connectivity index (χ2n) is 5.01. The molecular weight excluding hydrogens is 424 g/mol. The Kier molecular flexibility index (Phi) is 6.50. The molecular formula is C18H14BrClN2O4. The summed E-state index contributed by atoms with van der Waals surface area (Å²) in [6, 6.07) is 9.65. The van der Waals surface area contributed by atoms with Crippen LogP contribution in [0.25, 0.3) is 6.08 Å². The molecule has 2 aromatic rings. The van der Waals surface area contributed by atoms with Crippen LogP contribution in [-0.4, -0.2) is 25.2 Å². The summed E-state index contributed by atoms with van der Waals surface area (Å²) in [5, 5.41) is 22.5. The molecule has 0 saturated carbocycles. The van der Waals surface area contributed by atoms with Crippen molar-refractivity contribution in [1.29, 1.82) is 5.26 Å². The molecule has 0 atom stereocenters. The standard InChI is InChI=1S/C18H14BrClN2O4/c1-25-15-4-3-13(20)8-14(15)22-18(24)11(9-21)5-10-6-12(19)7-16(26-2)17(10)23/h3-8,23H,1-2H3,(H,22,24)/b11-5+. The van der Waals surface area contributed by atoms with E-state index in [0.717, 1.165) is 0 Å². The van der Waals surface area contributed by atoms with E-state index in [4.69, 9.17) is 21.1 Å². The lowest BCUT2D eigenvalue weighted by atomic mass is 10.1. The summed E-state index contributed by atoms with van der Waals surface area (Å²) < 4.78 is 10.8. The minimum absolute atomic E-state index is 0.184. The normalized spacial score (nSPS) is 10.8. The maximum atomic E-state index is 12.5. The quantitative estimate of drug-likeness (QED) is 0.535. The second-order valence-corrected chi connectivity index (χ2v) is 6.37. The van der Waals surface area contributed by atoms with E-state index >= 15 is 0 Å². The maximum Gasteiger partial charge on any atom is 0.266 e. The van der Waals surface area contributed by atoms with Gasteiger partial charge >= 0.3 is 0 Å². The summed E-state index contributed by atoms with van der Waals surface area (Å²) in [5.41, 5.74) is 0.352. The number of aromatic hydroxyl groups is 1. The lowest BCUT2D eigenvalue weighted by molar-refractivity contribution is -0.112. The van der Waals surface area contributed by atoms with Crippen LogP contribution in [0.2, 0.25) is 5.02 Å². The smallest absolute Gasteiger partial charge is 0.266 e. The number of methoxy groups -OCH3 is 2. The summed E-state index contributed by atoms with van der Waals surface area (Å²) >= 11 is 9.22. The van der Waals surface area contributed by atoms with Crippen molar-refractivity contribution < 1.29 is 19.4 Å². The van der Waals surface area contributed by atoms with Gasteiger partial charge in [0, 0.05) is 15.1 Å². The van der Waals surface area contributed by atoms with Gasteiger partial charge in [-0.1, -0.05) is 27.5 Å². The Morgan fingerprint density at radius 2 is 1.96 bits per heavy atom. The van der Waals surface area contributed by atoms with Crippen LogP contribution in [0.3, 0.4) is 0 Å². The number of rotatable bonds is 5. The molecule has 2 N–H and O–H groups in total. The van der Waals surface area contributed by atoms with Gasteiger partial charge < -0.3 is 19.9 Å². The maximum absolute atomic E-state index is 12.5. The third-order valence-electron chi connectivity index (χ3n) is 3.36. The highest BCUT2D eigenvalue weighted by Crippen LogP contribution is 2.35. The van der Waals surface area contributed by atoms with Crippen LogP contribution in [0.1, 0.15) is 5.56 Å². The predicted molar refractivity (Wildman–Crippen MR) is 103 cm³/mol. The molecule has 134 valence electrons. The third kappa shape index (κ3) is 4.48. The summed E-state index contributed by atoms with van der Waals surface area (Å²) in [6.07, 6.45) is 1.26. The molecule has 0 spiro atoms. The number of nitriles is 1. The van der Waals surface area contributed by atoms with Gasteiger partial charge in [0.15, 0.2) is 11.5 Å². The molecule has 0 aliphatic carbocycles. The summed E-state index contributed by atoms with van der Waals surface area (Å²) in [7, 11) is 2.85. The van der Waals surface area contributed by atoms with Crippen LogP contribution >= 0.6 is 27.5 Å². The van der Waals surface area contributed by atoms with Crippen LogP contribution in [-0.2, 0) is 4.79 Å². The summed E-state index contributed by atoms with van der Waals surface area (Å²) in [6.45, 7) is 0. The van der Waals surface area contributed by atoms with Crippen LogP contribution in [0, 0.1) is 11.3 Å². The zero-order valence-corrected chi connectivity index (χ0v) is 16.2. The van der Waals surface area contributed by atoms with Crippen molar-refractivity contribution >= 4 is 45.2 Å². The number of ether oxygens (including phenoxy) is 2. The third-order valence-corrected chi connectivity index (χ3v) is 4.06. The fourth-order valence-corrected chi connectivity index (χ4v) is 2.76. The summed E-state index contributed by atoms with van der Waals surface area (Å²) in [4.78, 5) is 12.5. The van der Waals surface area contributed by atoms with Crippen molar-refractivity contribution in [3.63, 3.8) is 0 Å². The van der Waals surface area contributed by atoms with Gasteiger partial charge in [0.2, 0.25) is 0 Å². The highest BCUT2D eigenvalue weighted by Gasteiger charge is 2.15. The van der Waals surface area contributed by atoms with Gasteiger partial charge in [0.25, 0.3) is 5.91 Å². The molecule has 1 amide bonds. The first-order valence-corrected chi connectivity index (χ1v) is 8.40. The number of hydrogen-bond acceptors (Lipinski definition) is 5. The number of hydrogen-bond donors (Lipinski definition) is 2. The monoisotopic (exact) mass is 436 g/mol. The van der Waals surface area contributed by atoms with Gasteiger partial charge in [-0.2, -0.15) is 5.26 Å². The molecule has 2 rings (SSSR count). The van der Waals surface area contributed by atoms with E-state index in [1.165, 1.54) is 26.4 Å². The molecule has 0 fully saturated rings. The molecule has 0 saturated heterocycles. The Hall–Kier alpha value is -2.69. The van der Waals surface area contributed by atoms with Crippen molar-refractivity contribution in [3.8, 4) is 23.3 Å². The number of halogens is 2. The lowest BCUT2D eigenvalue weighted by Gasteiger charge is -2.11. The van der Waals surface area contributed by atoms with Crippen LogP contribution < -0.4 is 14.8 Å². The van der Waals surface area contributed by atoms with Gasteiger partial charge in [-0.25, -0.2) is 0 Å². The van der Waals surface area contributed by atoms with E-state index in [9.17, 15) is 15.2 Å².